The number of carbonyl (C=O) groups is 2. The molecule has 192 valence electrons. The molecule has 2 unspecified atom stereocenters. The predicted octanol–water partition coefficient (Wildman–Crippen LogP) is 6.66. The topological polar surface area (TPSA) is 70.4 Å². The smallest absolute Gasteiger partial charge is 0.410 e. The second kappa shape index (κ2) is 10.1. The first-order chi connectivity index (χ1) is 18.5. The summed E-state index contributed by atoms with van der Waals surface area (Å²) in [5, 5.41) is 8.85. The van der Waals surface area contributed by atoms with Crippen molar-refractivity contribution in [3.8, 4) is 17.2 Å². The number of amides is 1. The van der Waals surface area contributed by atoms with E-state index in [9.17, 15) is 14.0 Å². The van der Waals surface area contributed by atoms with Crippen molar-refractivity contribution in [2.75, 3.05) is 6.61 Å². The number of benzene rings is 3. The van der Waals surface area contributed by atoms with Crippen LogP contribution in [0.15, 0.2) is 66.7 Å². The van der Waals surface area contributed by atoms with Crippen LogP contribution in [0, 0.1) is 23.1 Å². The number of carbonyl (C=O) groups excluding carboxylic acids is 2. The molecule has 0 radical (unpaired) electrons. The second-order valence-corrected chi connectivity index (χ2v) is 10.6. The van der Waals surface area contributed by atoms with E-state index in [0.29, 0.717) is 24.0 Å². The number of hydrogen-bond acceptors (Lipinski definition) is 4. The van der Waals surface area contributed by atoms with Crippen LogP contribution in [0.25, 0.3) is 11.1 Å². The average molecular weight is 509 g/mol. The van der Waals surface area contributed by atoms with Crippen LogP contribution < -0.4 is 0 Å². The maximum atomic E-state index is 14.4. The standard InChI is InChI=1S/C32H29FN2O3/c33-30-18-21(13-12-20(30)14-15-34)31(36)22-16-23-6-5-7-24(17-22)35(23)32(37)38-19-29-27-10-3-1-8-25(27)26-9-2-4-11-28(26)29/h1-4,8-13,18,22-24,29H,5-7,14,16-17,19H2. The van der Waals surface area contributed by atoms with Gasteiger partial charge in [0.05, 0.1) is 12.5 Å². The largest absolute Gasteiger partial charge is 0.448 e. The molecule has 0 saturated carbocycles. The lowest BCUT2D eigenvalue weighted by Crippen LogP contribution is -2.55. The molecule has 0 N–H and O–H groups in total. The fraction of sp³-hybridized carbons (Fsp3) is 0.344. The zero-order valence-corrected chi connectivity index (χ0v) is 21.1. The van der Waals surface area contributed by atoms with Gasteiger partial charge in [0.2, 0.25) is 0 Å². The third-order valence-electron chi connectivity index (χ3n) is 8.50. The van der Waals surface area contributed by atoms with Crippen LogP contribution in [0.2, 0.25) is 0 Å². The zero-order chi connectivity index (χ0) is 26.2. The Morgan fingerprint density at radius 3 is 2.18 bits per heavy atom. The Morgan fingerprint density at radius 2 is 1.58 bits per heavy atom. The molecule has 0 spiro atoms. The van der Waals surface area contributed by atoms with E-state index in [2.05, 4.69) is 24.3 Å². The van der Waals surface area contributed by atoms with Crippen LogP contribution in [0.5, 0.6) is 0 Å². The maximum absolute atomic E-state index is 14.4. The highest BCUT2D eigenvalue weighted by Crippen LogP contribution is 2.45. The minimum atomic E-state index is -0.520. The number of halogens is 1. The molecule has 2 aliphatic heterocycles. The molecular formula is C32H29FN2O3. The number of ether oxygens (including phenoxy) is 1. The molecule has 3 aliphatic rings. The Bertz CT molecular complexity index is 1390. The number of ketones is 1. The monoisotopic (exact) mass is 508 g/mol. The number of piperidine rings is 2. The maximum Gasteiger partial charge on any atom is 0.410 e. The van der Waals surface area contributed by atoms with E-state index < -0.39 is 5.82 Å². The van der Waals surface area contributed by atoms with Crippen molar-refractivity contribution in [3.63, 3.8) is 0 Å². The van der Waals surface area contributed by atoms with Crippen LogP contribution in [0.4, 0.5) is 9.18 Å². The Balaban J connectivity index is 1.15. The number of rotatable bonds is 5. The first kappa shape index (κ1) is 24.4. The third kappa shape index (κ3) is 4.26. The summed E-state index contributed by atoms with van der Waals surface area (Å²) in [6, 6.07) is 22.8. The predicted molar refractivity (Wildman–Crippen MR) is 141 cm³/mol. The molecule has 2 fully saturated rings. The van der Waals surface area contributed by atoms with Crippen molar-refractivity contribution in [2.45, 2.75) is 56.5 Å². The highest BCUT2D eigenvalue weighted by atomic mass is 19.1. The molecule has 6 heteroatoms. The summed E-state index contributed by atoms with van der Waals surface area (Å²) in [6.07, 6.45) is 3.46. The van der Waals surface area contributed by atoms with Gasteiger partial charge in [0.25, 0.3) is 0 Å². The second-order valence-electron chi connectivity index (χ2n) is 10.6. The van der Waals surface area contributed by atoms with Gasteiger partial charge in [-0.2, -0.15) is 5.26 Å². The summed E-state index contributed by atoms with van der Waals surface area (Å²) < 4.78 is 20.4. The summed E-state index contributed by atoms with van der Waals surface area (Å²) in [6.45, 7) is 0.277. The fourth-order valence-electron chi connectivity index (χ4n) is 6.73. The fourth-order valence-corrected chi connectivity index (χ4v) is 6.73. The van der Waals surface area contributed by atoms with Gasteiger partial charge >= 0.3 is 6.09 Å². The summed E-state index contributed by atoms with van der Waals surface area (Å²) in [4.78, 5) is 28.6. The quantitative estimate of drug-likeness (QED) is 0.362. The van der Waals surface area contributed by atoms with Gasteiger partial charge in [-0.15, -0.1) is 0 Å². The van der Waals surface area contributed by atoms with Crippen molar-refractivity contribution < 1.29 is 18.7 Å². The van der Waals surface area contributed by atoms with Gasteiger partial charge < -0.3 is 9.64 Å². The van der Waals surface area contributed by atoms with E-state index in [1.54, 1.807) is 6.07 Å². The van der Waals surface area contributed by atoms with E-state index in [0.717, 1.165) is 19.3 Å². The van der Waals surface area contributed by atoms with Crippen LogP contribution >= 0.6 is 0 Å². The third-order valence-corrected chi connectivity index (χ3v) is 8.50. The highest BCUT2D eigenvalue weighted by Gasteiger charge is 2.44. The van der Waals surface area contributed by atoms with E-state index >= 15 is 0 Å². The summed E-state index contributed by atoms with van der Waals surface area (Å²) >= 11 is 0. The molecule has 2 bridgehead atoms. The van der Waals surface area contributed by atoms with E-state index in [-0.39, 0.29) is 48.8 Å². The molecule has 0 aromatic heterocycles. The van der Waals surface area contributed by atoms with Gasteiger partial charge in [0.15, 0.2) is 5.78 Å². The Labute approximate surface area is 221 Å². The summed E-state index contributed by atoms with van der Waals surface area (Å²) in [5.41, 5.74) is 5.38. The lowest BCUT2D eigenvalue weighted by molar-refractivity contribution is 0.00650. The lowest BCUT2D eigenvalue weighted by atomic mass is 9.76. The molecule has 3 aromatic rings. The van der Waals surface area contributed by atoms with Gasteiger partial charge in [0, 0.05) is 35.0 Å². The SMILES string of the molecule is N#CCc1ccc(C(=O)C2CC3CCCC(C2)N3C(=O)OCC2c3ccccc3-c3ccccc32)cc1F. The molecule has 2 atom stereocenters. The number of nitriles is 1. The summed E-state index contributed by atoms with van der Waals surface area (Å²) in [7, 11) is 0. The molecular weight excluding hydrogens is 479 g/mol. The molecule has 38 heavy (non-hydrogen) atoms. The molecule has 2 heterocycles. The van der Waals surface area contributed by atoms with Crippen molar-refractivity contribution >= 4 is 11.9 Å². The van der Waals surface area contributed by atoms with Crippen molar-refractivity contribution in [2.24, 2.45) is 5.92 Å². The molecule has 1 aliphatic carbocycles. The number of hydrogen-bond donors (Lipinski definition) is 0. The average Bonchev–Trinajstić information content (AvgIpc) is 3.25. The van der Waals surface area contributed by atoms with Gasteiger partial charge in [-0.25, -0.2) is 9.18 Å². The number of nitrogens with zero attached hydrogens (tertiary/aromatic N) is 2. The van der Waals surface area contributed by atoms with Crippen molar-refractivity contribution in [1.82, 2.24) is 4.90 Å². The normalized spacial score (nSPS) is 21.8. The zero-order valence-electron chi connectivity index (χ0n) is 21.1. The lowest BCUT2D eigenvalue weighted by Gasteiger charge is -2.47. The summed E-state index contributed by atoms with van der Waals surface area (Å²) in [5.74, 6) is -0.862. The number of fused-ring (bicyclic) bond motifs is 5. The minimum absolute atomic E-state index is 0.00390. The Morgan fingerprint density at radius 1 is 0.947 bits per heavy atom. The molecule has 5 nitrogen and oxygen atoms in total. The van der Waals surface area contributed by atoms with Crippen molar-refractivity contribution in [3.05, 3.63) is 94.8 Å². The molecule has 3 aromatic carbocycles. The number of Topliss-reactive ketones (excluding diaryl/α,β-unsaturated/α-hetero) is 1. The van der Waals surface area contributed by atoms with E-state index in [4.69, 9.17) is 10.00 Å². The van der Waals surface area contributed by atoms with Crippen LogP contribution in [0.1, 0.15) is 65.1 Å². The van der Waals surface area contributed by atoms with Gasteiger partial charge in [-0.3, -0.25) is 4.79 Å². The molecule has 6 rings (SSSR count). The Kier molecular flexibility index (Phi) is 6.45. The van der Waals surface area contributed by atoms with Crippen molar-refractivity contribution in [1.29, 1.82) is 5.26 Å². The molecule has 1 amide bonds. The van der Waals surface area contributed by atoms with Gasteiger partial charge in [0.1, 0.15) is 12.4 Å². The van der Waals surface area contributed by atoms with Gasteiger partial charge in [-0.1, -0.05) is 60.7 Å². The first-order valence-corrected chi connectivity index (χ1v) is 13.4. The molecule has 2 saturated heterocycles. The van der Waals surface area contributed by atoms with E-state index in [1.807, 2.05) is 35.2 Å². The Hall–Kier alpha value is -3.98. The van der Waals surface area contributed by atoms with Crippen LogP contribution in [-0.4, -0.2) is 35.5 Å². The van der Waals surface area contributed by atoms with Crippen LogP contribution in [0.3, 0.4) is 0 Å². The first-order valence-electron chi connectivity index (χ1n) is 13.4. The van der Waals surface area contributed by atoms with Crippen LogP contribution in [-0.2, 0) is 11.2 Å². The van der Waals surface area contributed by atoms with Gasteiger partial charge in [-0.05, 0) is 60.4 Å². The minimum Gasteiger partial charge on any atom is -0.448 e. The van der Waals surface area contributed by atoms with E-state index in [1.165, 1.54) is 34.4 Å². The highest BCUT2D eigenvalue weighted by molar-refractivity contribution is 5.98.